The minimum atomic E-state index is -3.48. The summed E-state index contributed by atoms with van der Waals surface area (Å²) >= 11 is 0. The van der Waals surface area contributed by atoms with Gasteiger partial charge in [-0.15, -0.1) is 0 Å². The van der Waals surface area contributed by atoms with Crippen LogP contribution in [-0.2, 0) is 14.6 Å². The normalized spacial score (nSPS) is 11.0. The van der Waals surface area contributed by atoms with Gasteiger partial charge in [-0.1, -0.05) is 12.1 Å². The van der Waals surface area contributed by atoms with Crippen molar-refractivity contribution >= 4 is 27.4 Å². The van der Waals surface area contributed by atoms with Gasteiger partial charge >= 0.3 is 5.97 Å². The summed E-state index contributed by atoms with van der Waals surface area (Å²) in [5, 5.41) is 2.75. The average molecular weight is 470 g/mol. The molecule has 0 spiro atoms. The summed E-state index contributed by atoms with van der Waals surface area (Å²) in [6.07, 6.45) is 0. The SMILES string of the molecule is COCCS(=O)(=O)c1ccc(C(=O)Oc2ccc(NC(=O)c3ccccc3OC)cc2)cc1. The summed E-state index contributed by atoms with van der Waals surface area (Å²) in [5.74, 6) is -0.391. The van der Waals surface area contributed by atoms with E-state index >= 15 is 0 Å². The molecular weight excluding hydrogens is 446 g/mol. The molecule has 33 heavy (non-hydrogen) atoms. The van der Waals surface area contributed by atoms with E-state index in [9.17, 15) is 18.0 Å². The van der Waals surface area contributed by atoms with Crippen LogP contribution >= 0.6 is 0 Å². The van der Waals surface area contributed by atoms with Crippen LogP contribution in [0.2, 0.25) is 0 Å². The van der Waals surface area contributed by atoms with Gasteiger partial charge in [-0.2, -0.15) is 0 Å². The fraction of sp³-hybridized carbons (Fsp3) is 0.167. The van der Waals surface area contributed by atoms with Gasteiger partial charge in [0.15, 0.2) is 9.84 Å². The van der Waals surface area contributed by atoms with Crippen molar-refractivity contribution in [1.82, 2.24) is 0 Å². The number of ether oxygens (including phenoxy) is 3. The average Bonchev–Trinajstić information content (AvgIpc) is 2.84. The van der Waals surface area contributed by atoms with Gasteiger partial charge < -0.3 is 19.5 Å². The third kappa shape index (κ3) is 6.18. The smallest absolute Gasteiger partial charge is 0.343 e. The van der Waals surface area contributed by atoms with Gasteiger partial charge in [-0.25, -0.2) is 13.2 Å². The second-order valence-electron chi connectivity index (χ2n) is 6.90. The number of nitrogens with one attached hydrogen (secondary N) is 1. The number of hydrogen-bond acceptors (Lipinski definition) is 7. The van der Waals surface area contributed by atoms with Crippen molar-refractivity contribution in [3.05, 3.63) is 83.9 Å². The molecule has 3 aromatic carbocycles. The molecule has 0 radical (unpaired) electrons. The number of methoxy groups -OCH3 is 2. The summed E-state index contributed by atoms with van der Waals surface area (Å²) in [4.78, 5) is 25.0. The zero-order valence-electron chi connectivity index (χ0n) is 18.1. The molecule has 0 fully saturated rings. The number of rotatable bonds is 9. The van der Waals surface area contributed by atoms with Gasteiger partial charge in [0.25, 0.3) is 5.91 Å². The zero-order chi connectivity index (χ0) is 23.8. The minimum Gasteiger partial charge on any atom is -0.496 e. The van der Waals surface area contributed by atoms with Crippen LogP contribution in [0.4, 0.5) is 5.69 Å². The topological polar surface area (TPSA) is 108 Å². The highest BCUT2D eigenvalue weighted by atomic mass is 32.2. The lowest BCUT2D eigenvalue weighted by molar-refractivity contribution is 0.0734. The number of carbonyl (C=O) groups is 2. The molecule has 0 unspecified atom stereocenters. The number of sulfone groups is 1. The van der Waals surface area contributed by atoms with Gasteiger partial charge in [0.2, 0.25) is 0 Å². The summed E-state index contributed by atoms with van der Waals surface area (Å²) < 4.78 is 39.7. The molecule has 0 atom stereocenters. The molecule has 0 saturated heterocycles. The van der Waals surface area contributed by atoms with Crippen LogP contribution in [0, 0.1) is 0 Å². The molecule has 1 N–H and O–H groups in total. The fourth-order valence-electron chi connectivity index (χ4n) is 2.91. The molecule has 9 heteroatoms. The van der Waals surface area contributed by atoms with Crippen LogP contribution in [0.5, 0.6) is 11.5 Å². The van der Waals surface area contributed by atoms with Crippen molar-refractivity contribution < 1.29 is 32.2 Å². The van der Waals surface area contributed by atoms with Crippen molar-refractivity contribution in [1.29, 1.82) is 0 Å². The maximum absolute atomic E-state index is 12.5. The summed E-state index contributed by atoms with van der Waals surface area (Å²) in [6, 6.07) is 18.6. The highest BCUT2D eigenvalue weighted by molar-refractivity contribution is 7.91. The lowest BCUT2D eigenvalue weighted by Gasteiger charge is -2.10. The first kappa shape index (κ1) is 24.0. The van der Waals surface area contributed by atoms with Crippen molar-refractivity contribution in [2.24, 2.45) is 0 Å². The van der Waals surface area contributed by atoms with E-state index in [0.29, 0.717) is 17.0 Å². The molecule has 0 heterocycles. The number of carbonyl (C=O) groups excluding carboxylic acids is 2. The van der Waals surface area contributed by atoms with E-state index in [1.165, 1.54) is 38.5 Å². The first-order chi connectivity index (χ1) is 15.8. The number of benzene rings is 3. The molecule has 3 aromatic rings. The second-order valence-corrected chi connectivity index (χ2v) is 9.01. The predicted octanol–water partition coefficient (Wildman–Crippen LogP) is 3.59. The maximum Gasteiger partial charge on any atom is 0.343 e. The van der Waals surface area contributed by atoms with E-state index in [1.807, 2.05) is 0 Å². The molecule has 172 valence electrons. The van der Waals surface area contributed by atoms with Gasteiger partial charge in [-0.05, 0) is 60.7 Å². The Balaban J connectivity index is 1.62. The number of hydrogen-bond donors (Lipinski definition) is 1. The van der Waals surface area contributed by atoms with E-state index in [4.69, 9.17) is 14.2 Å². The minimum absolute atomic E-state index is 0.0848. The third-order valence-electron chi connectivity index (χ3n) is 4.68. The standard InChI is InChI=1S/C24H23NO7S/c1-30-15-16-33(28,29)20-13-7-17(8-14-20)24(27)32-19-11-9-18(10-12-19)25-23(26)21-5-3-4-6-22(21)31-2/h3-14H,15-16H2,1-2H3,(H,25,26). The largest absolute Gasteiger partial charge is 0.496 e. The molecule has 0 saturated carbocycles. The Kier molecular flexibility index (Phi) is 7.81. The molecule has 8 nitrogen and oxygen atoms in total. The molecule has 0 aliphatic carbocycles. The summed E-state index contributed by atoms with van der Waals surface area (Å²) in [6.45, 7) is 0.0848. The lowest BCUT2D eigenvalue weighted by atomic mass is 10.2. The van der Waals surface area contributed by atoms with E-state index < -0.39 is 15.8 Å². The van der Waals surface area contributed by atoms with Crippen molar-refractivity contribution in [2.45, 2.75) is 4.90 Å². The third-order valence-corrected chi connectivity index (χ3v) is 6.37. The Labute approximate surface area is 192 Å². The predicted molar refractivity (Wildman–Crippen MR) is 123 cm³/mol. The Morgan fingerprint density at radius 2 is 1.55 bits per heavy atom. The van der Waals surface area contributed by atoms with Crippen LogP contribution in [-0.4, -0.2) is 46.9 Å². The Hall–Kier alpha value is -3.69. The fourth-order valence-corrected chi connectivity index (χ4v) is 4.08. The van der Waals surface area contributed by atoms with Crippen LogP contribution < -0.4 is 14.8 Å². The van der Waals surface area contributed by atoms with Gasteiger partial charge in [0.1, 0.15) is 11.5 Å². The molecule has 0 aliphatic heterocycles. The van der Waals surface area contributed by atoms with E-state index in [0.717, 1.165) is 0 Å². The number of anilines is 1. The van der Waals surface area contributed by atoms with E-state index in [2.05, 4.69) is 5.32 Å². The first-order valence-electron chi connectivity index (χ1n) is 9.92. The van der Waals surface area contributed by atoms with Crippen LogP contribution in [0.25, 0.3) is 0 Å². The zero-order valence-corrected chi connectivity index (χ0v) is 18.9. The maximum atomic E-state index is 12.5. The van der Waals surface area contributed by atoms with Gasteiger partial charge in [-0.3, -0.25) is 4.79 Å². The second kappa shape index (κ2) is 10.8. The Bertz CT molecular complexity index is 1220. The molecule has 3 rings (SSSR count). The van der Waals surface area contributed by atoms with Crippen LogP contribution in [0.1, 0.15) is 20.7 Å². The summed E-state index contributed by atoms with van der Waals surface area (Å²) in [7, 11) is -0.567. The highest BCUT2D eigenvalue weighted by Gasteiger charge is 2.16. The summed E-state index contributed by atoms with van der Waals surface area (Å²) in [5.41, 5.74) is 1.11. The number of para-hydroxylation sites is 1. The van der Waals surface area contributed by atoms with E-state index in [1.54, 1.807) is 48.5 Å². The quantitative estimate of drug-likeness (QED) is 0.377. The highest BCUT2D eigenvalue weighted by Crippen LogP contribution is 2.21. The molecule has 1 amide bonds. The Morgan fingerprint density at radius 3 is 2.18 bits per heavy atom. The lowest BCUT2D eigenvalue weighted by Crippen LogP contribution is -2.13. The van der Waals surface area contributed by atoms with Gasteiger partial charge in [0, 0.05) is 12.8 Å². The molecule has 0 aliphatic rings. The van der Waals surface area contributed by atoms with Crippen molar-refractivity contribution in [2.75, 3.05) is 31.9 Å². The van der Waals surface area contributed by atoms with E-state index in [-0.39, 0.29) is 34.5 Å². The number of amides is 1. The van der Waals surface area contributed by atoms with Crippen molar-refractivity contribution in [3.63, 3.8) is 0 Å². The van der Waals surface area contributed by atoms with Crippen LogP contribution in [0.15, 0.2) is 77.7 Å². The number of esters is 1. The molecule has 0 aromatic heterocycles. The van der Waals surface area contributed by atoms with Crippen molar-refractivity contribution in [3.8, 4) is 11.5 Å². The van der Waals surface area contributed by atoms with Gasteiger partial charge in [0.05, 0.1) is 35.5 Å². The molecular formula is C24H23NO7S. The molecule has 0 bridgehead atoms. The Morgan fingerprint density at radius 1 is 0.879 bits per heavy atom. The first-order valence-corrected chi connectivity index (χ1v) is 11.6. The monoisotopic (exact) mass is 469 g/mol. The van der Waals surface area contributed by atoms with Crippen LogP contribution in [0.3, 0.4) is 0 Å².